The third-order valence-electron chi connectivity index (χ3n) is 4.23. The van der Waals surface area contributed by atoms with Crippen LogP contribution in [0, 0.1) is 13.8 Å². The Balaban J connectivity index is 2.13. The number of aryl methyl sites for hydroxylation is 2. The van der Waals surface area contributed by atoms with Crippen LogP contribution < -0.4 is 10.5 Å². The number of nitrogens with two attached hydrogens (primary N) is 1. The van der Waals surface area contributed by atoms with Crippen molar-refractivity contribution in [2.45, 2.75) is 13.8 Å². The fourth-order valence-corrected chi connectivity index (χ4v) is 2.83. The molecule has 5 heteroatoms. The van der Waals surface area contributed by atoms with Gasteiger partial charge in [-0.2, -0.15) is 0 Å². The highest BCUT2D eigenvalue weighted by molar-refractivity contribution is 5.80. The Hall–Kier alpha value is -3.21. The largest absolute Gasteiger partial charge is 0.507 e. The van der Waals surface area contributed by atoms with E-state index >= 15 is 0 Å². The summed E-state index contributed by atoms with van der Waals surface area (Å²) in [6, 6.07) is 10.8. The number of phenols is 2. The van der Waals surface area contributed by atoms with Gasteiger partial charge >= 0.3 is 0 Å². The molecule has 0 saturated carbocycles. The van der Waals surface area contributed by atoms with E-state index < -0.39 is 0 Å². The predicted molar refractivity (Wildman–Crippen MR) is 98.9 cm³/mol. The highest BCUT2D eigenvalue weighted by Gasteiger charge is 2.12. The lowest BCUT2D eigenvalue weighted by molar-refractivity contribution is 0.373. The molecule has 0 saturated heterocycles. The third-order valence-corrected chi connectivity index (χ3v) is 4.23. The second-order valence-corrected chi connectivity index (χ2v) is 6.00. The number of methoxy groups -OCH3 is 1. The van der Waals surface area contributed by atoms with E-state index in [4.69, 9.17) is 10.5 Å². The topological polar surface area (TPSA) is 88.6 Å². The molecule has 1 heterocycles. The van der Waals surface area contributed by atoms with Crippen LogP contribution >= 0.6 is 0 Å². The lowest BCUT2D eigenvalue weighted by Crippen LogP contribution is -1.96. The summed E-state index contributed by atoms with van der Waals surface area (Å²) in [6.45, 7) is 3.73. The van der Waals surface area contributed by atoms with Crippen LogP contribution in [0.15, 0.2) is 42.6 Å². The SMILES string of the molecule is COc1cc(-c2cc(-c3cc(C)c(O)c(C)c3)cnc2N)ccc1O. The number of benzene rings is 2. The van der Waals surface area contributed by atoms with Gasteiger partial charge in [-0.3, -0.25) is 0 Å². The minimum absolute atomic E-state index is 0.0683. The molecule has 1 aromatic heterocycles. The lowest BCUT2D eigenvalue weighted by Gasteiger charge is -2.12. The van der Waals surface area contributed by atoms with E-state index in [1.54, 1.807) is 24.4 Å². The molecular weight excluding hydrogens is 316 g/mol. The molecule has 128 valence electrons. The maximum atomic E-state index is 9.96. The zero-order valence-corrected chi connectivity index (χ0v) is 14.4. The second-order valence-electron chi connectivity index (χ2n) is 6.00. The summed E-state index contributed by atoms with van der Waals surface area (Å²) in [5.41, 5.74) is 11.1. The average molecular weight is 336 g/mol. The number of aromatic hydroxyl groups is 2. The van der Waals surface area contributed by atoms with Crippen LogP contribution in [-0.4, -0.2) is 22.3 Å². The maximum absolute atomic E-state index is 9.96. The Kier molecular flexibility index (Phi) is 4.23. The van der Waals surface area contributed by atoms with Crippen LogP contribution in [0.25, 0.3) is 22.3 Å². The fraction of sp³-hybridized carbons (Fsp3) is 0.150. The van der Waals surface area contributed by atoms with Gasteiger partial charge < -0.3 is 20.7 Å². The highest BCUT2D eigenvalue weighted by atomic mass is 16.5. The van der Waals surface area contributed by atoms with Gasteiger partial charge in [0.2, 0.25) is 0 Å². The molecule has 3 aromatic rings. The van der Waals surface area contributed by atoms with Gasteiger partial charge in [0.25, 0.3) is 0 Å². The van der Waals surface area contributed by atoms with Gasteiger partial charge in [0.15, 0.2) is 11.5 Å². The zero-order chi connectivity index (χ0) is 18.1. The molecule has 0 bridgehead atoms. The molecule has 0 fully saturated rings. The Morgan fingerprint density at radius 3 is 2.24 bits per heavy atom. The van der Waals surface area contributed by atoms with Crippen molar-refractivity contribution < 1.29 is 14.9 Å². The number of phenolic OH excluding ortho intramolecular Hbond substituents is 2. The lowest BCUT2D eigenvalue weighted by atomic mass is 9.97. The smallest absolute Gasteiger partial charge is 0.161 e. The minimum atomic E-state index is 0.0683. The normalized spacial score (nSPS) is 10.7. The molecule has 0 amide bonds. The number of anilines is 1. The number of ether oxygens (including phenoxy) is 1. The monoisotopic (exact) mass is 336 g/mol. The van der Waals surface area contributed by atoms with Crippen molar-refractivity contribution >= 4 is 5.82 Å². The van der Waals surface area contributed by atoms with E-state index in [-0.39, 0.29) is 5.75 Å². The Bertz CT molecular complexity index is 929. The van der Waals surface area contributed by atoms with Crippen LogP contribution in [0.5, 0.6) is 17.2 Å². The molecule has 0 atom stereocenters. The number of hydrogen-bond donors (Lipinski definition) is 3. The Morgan fingerprint density at radius 2 is 1.60 bits per heavy atom. The van der Waals surface area contributed by atoms with Crippen LogP contribution in [0.4, 0.5) is 5.82 Å². The zero-order valence-electron chi connectivity index (χ0n) is 14.4. The molecule has 2 aromatic carbocycles. The van der Waals surface area contributed by atoms with Gasteiger partial charge in [-0.1, -0.05) is 6.07 Å². The summed E-state index contributed by atoms with van der Waals surface area (Å²) >= 11 is 0. The molecule has 0 aliphatic rings. The summed E-state index contributed by atoms with van der Waals surface area (Å²) in [7, 11) is 1.50. The standard InChI is InChI=1S/C20H20N2O3/c1-11-6-14(7-12(2)19(11)24)15-8-16(20(21)22-10-15)13-4-5-17(23)18(9-13)25-3/h4-10,23-24H,1-3H3,(H2,21,22). The van der Waals surface area contributed by atoms with Crippen molar-refractivity contribution in [3.8, 4) is 39.5 Å². The van der Waals surface area contributed by atoms with Crippen molar-refractivity contribution in [2.75, 3.05) is 12.8 Å². The summed E-state index contributed by atoms with van der Waals surface area (Å²) in [5.74, 6) is 1.14. The average Bonchev–Trinajstić information content (AvgIpc) is 2.60. The number of aromatic nitrogens is 1. The van der Waals surface area contributed by atoms with Crippen LogP contribution in [0.3, 0.4) is 0 Å². The van der Waals surface area contributed by atoms with Crippen LogP contribution in [0.2, 0.25) is 0 Å². The van der Waals surface area contributed by atoms with Gasteiger partial charge in [-0.05, 0) is 66.4 Å². The number of rotatable bonds is 3. The van der Waals surface area contributed by atoms with Gasteiger partial charge in [-0.15, -0.1) is 0 Å². The number of nitrogens with zero attached hydrogens (tertiary/aromatic N) is 1. The number of hydrogen-bond acceptors (Lipinski definition) is 5. The highest BCUT2D eigenvalue weighted by Crippen LogP contribution is 2.36. The van der Waals surface area contributed by atoms with Crippen molar-refractivity contribution in [1.29, 1.82) is 0 Å². The van der Waals surface area contributed by atoms with E-state index in [9.17, 15) is 10.2 Å². The molecule has 0 aliphatic carbocycles. The molecule has 0 aliphatic heterocycles. The summed E-state index contributed by atoms with van der Waals surface area (Å²) in [5, 5.41) is 19.7. The van der Waals surface area contributed by atoms with Crippen LogP contribution in [0.1, 0.15) is 11.1 Å². The number of nitrogen functional groups attached to an aromatic ring is 1. The van der Waals surface area contributed by atoms with Crippen molar-refractivity contribution in [2.24, 2.45) is 0 Å². The number of pyridine rings is 1. The van der Waals surface area contributed by atoms with Gasteiger partial charge in [-0.25, -0.2) is 4.98 Å². The first-order valence-electron chi connectivity index (χ1n) is 7.84. The first-order valence-corrected chi connectivity index (χ1v) is 7.84. The van der Waals surface area contributed by atoms with Crippen molar-refractivity contribution in [3.05, 3.63) is 53.7 Å². The van der Waals surface area contributed by atoms with E-state index in [0.29, 0.717) is 17.3 Å². The van der Waals surface area contributed by atoms with E-state index in [1.807, 2.05) is 32.0 Å². The van der Waals surface area contributed by atoms with Crippen molar-refractivity contribution in [3.63, 3.8) is 0 Å². The van der Waals surface area contributed by atoms with E-state index in [2.05, 4.69) is 4.98 Å². The van der Waals surface area contributed by atoms with E-state index in [0.717, 1.165) is 33.4 Å². The molecule has 0 radical (unpaired) electrons. The van der Waals surface area contributed by atoms with Gasteiger partial charge in [0.05, 0.1) is 7.11 Å². The third kappa shape index (κ3) is 3.08. The fourth-order valence-electron chi connectivity index (χ4n) is 2.83. The summed E-state index contributed by atoms with van der Waals surface area (Å²) in [4.78, 5) is 4.30. The molecule has 5 nitrogen and oxygen atoms in total. The summed E-state index contributed by atoms with van der Waals surface area (Å²) in [6.07, 6.45) is 1.71. The Labute approximate surface area is 146 Å². The predicted octanol–water partition coefficient (Wildman–Crippen LogP) is 4.03. The molecule has 0 unspecified atom stereocenters. The molecule has 0 spiro atoms. The van der Waals surface area contributed by atoms with Gasteiger partial charge in [0.1, 0.15) is 11.6 Å². The minimum Gasteiger partial charge on any atom is -0.507 e. The molecule has 3 rings (SSSR count). The van der Waals surface area contributed by atoms with Gasteiger partial charge in [0, 0.05) is 17.3 Å². The van der Waals surface area contributed by atoms with Crippen LogP contribution in [-0.2, 0) is 0 Å². The maximum Gasteiger partial charge on any atom is 0.161 e. The molecule has 25 heavy (non-hydrogen) atoms. The quantitative estimate of drug-likeness (QED) is 0.672. The Morgan fingerprint density at radius 1 is 0.920 bits per heavy atom. The van der Waals surface area contributed by atoms with Crippen molar-refractivity contribution in [1.82, 2.24) is 4.98 Å². The molecule has 4 N–H and O–H groups in total. The first-order chi connectivity index (χ1) is 11.9. The van der Waals surface area contributed by atoms with E-state index in [1.165, 1.54) is 7.11 Å². The molecular formula is C20H20N2O3. The first kappa shape index (κ1) is 16.6. The second kappa shape index (κ2) is 6.36. The summed E-state index contributed by atoms with van der Waals surface area (Å²) < 4.78 is 5.17.